The second kappa shape index (κ2) is 5.10. The van der Waals surface area contributed by atoms with Crippen LogP contribution in [0.4, 0.5) is 0 Å². The highest BCUT2D eigenvalue weighted by Gasteiger charge is 2.22. The minimum atomic E-state index is 0.375. The Morgan fingerprint density at radius 2 is 1.71 bits per heavy atom. The van der Waals surface area contributed by atoms with E-state index in [0.29, 0.717) is 12.5 Å². The molecule has 14 heavy (non-hydrogen) atoms. The molecule has 2 aliphatic rings. The average Bonchev–Trinajstić information content (AvgIpc) is 2.86. The van der Waals surface area contributed by atoms with E-state index >= 15 is 0 Å². The van der Waals surface area contributed by atoms with Crippen LogP contribution in [-0.2, 0) is 0 Å². The summed E-state index contributed by atoms with van der Waals surface area (Å²) in [4.78, 5) is 5.06. The van der Waals surface area contributed by atoms with Crippen LogP contribution >= 0.6 is 0 Å². The van der Waals surface area contributed by atoms with E-state index in [-0.39, 0.29) is 0 Å². The summed E-state index contributed by atoms with van der Waals surface area (Å²) in [5.74, 6) is 0.550. The van der Waals surface area contributed by atoms with Gasteiger partial charge in [0.25, 0.3) is 0 Å². The van der Waals surface area contributed by atoms with Crippen LogP contribution in [0.3, 0.4) is 0 Å². The second-order valence-electron chi connectivity index (χ2n) is 4.69. The summed E-state index contributed by atoms with van der Waals surface area (Å²) < 4.78 is 0. The van der Waals surface area contributed by atoms with Gasteiger partial charge in [-0.15, -0.1) is 0 Å². The van der Waals surface area contributed by atoms with Crippen molar-refractivity contribution >= 4 is 0 Å². The molecule has 0 aliphatic carbocycles. The Labute approximate surface area is 86.7 Å². The van der Waals surface area contributed by atoms with E-state index in [1.165, 1.54) is 52.0 Å². The maximum absolute atomic E-state index is 9.03. The van der Waals surface area contributed by atoms with Gasteiger partial charge in [-0.2, -0.15) is 0 Å². The van der Waals surface area contributed by atoms with Crippen LogP contribution in [0.2, 0.25) is 0 Å². The van der Waals surface area contributed by atoms with Crippen molar-refractivity contribution in [1.29, 1.82) is 0 Å². The maximum atomic E-state index is 9.03. The number of likely N-dealkylation sites (tertiary alicyclic amines) is 2. The Hall–Kier alpha value is -0.120. The quantitative estimate of drug-likeness (QED) is 0.708. The molecule has 1 N–H and O–H groups in total. The molecular weight excluding hydrogens is 176 g/mol. The third kappa shape index (κ3) is 2.69. The van der Waals surface area contributed by atoms with Crippen molar-refractivity contribution in [3.8, 4) is 0 Å². The lowest BCUT2D eigenvalue weighted by Crippen LogP contribution is -2.32. The first-order valence-corrected chi connectivity index (χ1v) is 5.94. The van der Waals surface area contributed by atoms with Crippen LogP contribution in [0.15, 0.2) is 0 Å². The molecule has 0 radical (unpaired) electrons. The minimum absolute atomic E-state index is 0.375. The highest BCUT2D eigenvalue weighted by Crippen LogP contribution is 2.15. The van der Waals surface area contributed by atoms with Crippen molar-refractivity contribution in [3.63, 3.8) is 0 Å². The van der Waals surface area contributed by atoms with Crippen molar-refractivity contribution in [3.05, 3.63) is 0 Å². The third-order valence-corrected chi connectivity index (χ3v) is 3.56. The van der Waals surface area contributed by atoms with Gasteiger partial charge in [0.2, 0.25) is 0 Å². The topological polar surface area (TPSA) is 26.7 Å². The summed E-state index contributed by atoms with van der Waals surface area (Å²) in [5.41, 5.74) is 0. The van der Waals surface area contributed by atoms with Gasteiger partial charge in [0, 0.05) is 26.2 Å². The van der Waals surface area contributed by atoms with Gasteiger partial charge < -0.3 is 14.9 Å². The van der Waals surface area contributed by atoms with Gasteiger partial charge in [-0.3, -0.25) is 0 Å². The molecule has 0 aromatic rings. The molecule has 2 rings (SSSR count). The fraction of sp³-hybridized carbons (Fsp3) is 1.00. The molecule has 1 atom stereocenters. The molecule has 1 unspecified atom stereocenters. The summed E-state index contributed by atoms with van der Waals surface area (Å²) in [6.07, 6.45) is 3.97. The maximum Gasteiger partial charge on any atom is 0.0471 e. The van der Waals surface area contributed by atoms with Crippen molar-refractivity contribution in [1.82, 2.24) is 9.80 Å². The number of aliphatic hydroxyl groups is 1. The SMILES string of the molecule is OCC1CCN(CCN2CCCC2)C1. The zero-order chi connectivity index (χ0) is 9.80. The van der Waals surface area contributed by atoms with Gasteiger partial charge in [0.15, 0.2) is 0 Å². The lowest BCUT2D eigenvalue weighted by atomic mass is 10.1. The third-order valence-electron chi connectivity index (χ3n) is 3.56. The van der Waals surface area contributed by atoms with Crippen LogP contribution < -0.4 is 0 Å². The van der Waals surface area contributed by atoms with Gasteiger partial charge in [-0.25, -0.2) is 0 Å². The van der Waals surface area contributed by atoms with Crippen LogP contribution in [-0.4, -0.2) is 60.8 Å². The second-order valence-corrected chi connectivity index (χ2v) is 4.69. The molecular formula is C11H22N2O. The number of rotatable bonds is 4. The van der Waals surface area contributed by atoms with E-state index in [2.05, 4.69) is 9.80 Å². The fourth-order valence-electron chi connectivity index (χ4n) is 2.55. The van der Waals surface area contributed by atoms with Crippen LogP contribution in [0, 0.1) is 5.92 Å². The first-order valence-electron chi connectivity index (χ1n) is 5.94. The van der Waals surface area contributed by atoms with Crippen LogP contribution in [0.25, 0.3) is 0 Å². The lowest BCUT2D eigenvalue weighted by molar-refractivity contribution is 0.212. The number of aliphatic hydroxyl groups excluding tert-OH is 1. The number of hydrogen-bond acceptors (Lipinski definition) is 3. The molecule has 2 saturated heterocycles. The summed E-state index contributed by atoms with van der Waals surface area (Å²) in [5, 5.41) is 9.03. The normalized spacial score (nSPS) is 30.2. The summed E-state index contributed by atoms with van der Waals surface area (Å²) in [6, 6.07) is 0. The smallest absolute Gasteiger partial charge is 0.0471 e. The van der Waals surface area contributed by atoms with Gasteiger partial charge in [-0.05, 0) is 44.8 Å². The molecule has 0 saturated carbocycles. The Balaban J connectivity index is 1.61. The van der Waals surface area contributed by atoms with E-state index in [9.17, 15) is 0 Å². The zero-order valence-corrected chi connectivity index (χ0v) is 8.99. The molecule has 2 aliphatic heterocycles. The van der Waals surface area contributed by atoms with Crippen molar-refractivity contribution in [2.75, 3.05) is 45.9 Å². The molecule has 82 valence electrons. The first-order chi connectivity index (χ1) is 6.88. The van der Waals surface area contributed by atoms with Gasteiger partial charge in [0.1, 0.15) is 0 Å². The largest absolute Gasteiger partial charge is 0.396 e. The highest BCUT2D eigenvalue weighted by atomic mass is 16.3. The zero-order valence-electron chi connectivity index (χ0n) is 8.99. The Kier molecular flexibility index (Phi) is 3.79. The summed E-state index contributed by atoms with van der Waals surface area (Å²) in [6.45, 7) is 7.73. The minimum Gasteiger partial charge on any atom is -0.396 e. The molecule has 3 heteroatoms. The Bertz CT molecular complexity index is 169. The molecule has 0 amide bonds. The Morgan fingerprint density at radius 1 is 1.00 bits per heavy atom. The molecule has 3 nitrogen and oxygen atoms in total. The molecule has 0 aromatic heterocycles. The molecule has 2 fully saturated rings. The van der Waals surface area contributed by atoms with E-state index in [0.717, 1.165) is 6.54 Å². The van der Waals surface area contributed by atoms with Crippen molar-refractivity contribution < 1.29 is 5.11 Å². The predicted octanol–water partition coefficient (Wildman–Crippen LogP) is 0.396. The average molecular weight is 198 g/mol. The van der Waals surface area contributed by atoms with Gasteiger partial charge in [-0.1, -0.05) is 0 Å². The molecule has 0 aromatic carbocycles. The van der Waals surface area contributed by atoms with Crippen LogP contribution in [0.1, 0.15) is 19.3 Å². The predicted molar refractivity (Wildman–Crippen MR) is 57.3 cm³/mol. The lowest BCUT2D eigenvalue weighted by Gasteiger charge is -2.20. The molecule has 0 bridgehead atoms. The van der Waals surface area contributed by atoms with Gasteiger partial charge >= 0.3 is 0 Å². The fourth-order valence-corrected chi connectivity index (χ4v) is 2.55. The van der Waals surface area contributed by atoms with Crippen molar-refractivity contribution in [2.45, 2.75) is 19.3 Å². The highest BCUT2D eigenvalue weighted by molar-refractivity contribution is 4.76. The molecule has 0 spiro atoms. The number of nitrogens with zero attached hydrogens (tertiary/aromatic N) is 2. The monoisotopic (exact) mass is 198 g/mol. The van der Waals surface area contributed by atoms with Crippen LogP contribution in [0.5, 0.6) is 0 Å². The summed E-state index contributed by atoms with van der Waals surface area (Å²) in [7, 11) is 0. The number of hydrogen-bond donors (Lipinski definition) is 1. The summed E-state index contributed by atoms with van der Waals surface area (Å²) >= 11 is 0. The Morgan fingerprint density at radius 3 is 2.36 bits per heavy atom. The van der Waals surface area contributed by atoms with E-state index in [1.807, 2.05) is 0 Å². The first kappa shape index (κ1) is 10.4. The van der Waals surface area contributed by atoms with E-state index in [1.54, 1.807) is 0 Å². The van der Waals surface area contributed by atoms with E-state index < -0.39 is 0 Å². The van der Waals surface area contributed by atoms with Crippen molar-refractivity contribution in [2.24, 2.45) is 5.92 Å². The standard InChI is InChI=1S/C11H22N2O/c14-10-11-3-6-13(9-11)8-7-12-4-1-2-5-12/h11,14H,1-10H2. The van der Waals surface area contributed by atoms with Gasteiger partial charge in [0.05, 0.1) is 0 Å². The van der Waals surface area contributed by atoms with E-state index in [4.69, 9.17) is 5.11 Å². The molecule has 2 heterocycles.